The van der Waals surface area contributed by atoms with E-state index < -0.39 is 24.0 Å². The number of carbonyl (C=O) groups is 2. The van der Waals surface area contributed by atoms with Crippen LogP contribution in [-0.2, 0) is 16.0 Å². The molecule has 1 fully saturated rings. The van der Waals surface area contributed by atoms with Gasteiger partial charge < -0.3 is 9.47 Å². The smallest absolute Gasteiger partial charge is 0.414 e. The number of rotatable bonds is 6. The van der Waals surface area contributed by atoms with Gasteiger partial charge in [-0.2, -0.15) is 5.10 Å². The lowest BCUT2D eigenvalue weighted by atomic mass is 10.2. The lowest BCUT2D eigenvalue weighted by Crippen LogP contribution is -2.26. The van der Waals surface area contributed by atoms with E-state index >= 15 is 0 Å². The van der Waals surface area contributed by atoms with E-state index in [1.54, 1.807) is 23.9 Å². The van der Waals surface area contributed by atoms with Gasteiger partial charge in [0.1, 0.15) is 11.8 Å². The fourth-order valence-electron chi connectivity index (χ4n) is 2.99. The molecule has 29 heavy (non-hydrogen) atoms. The monoisotopic (exact) mass is 400 g/mol. The van der Waals surface area contributed by atoms with E-state index in [-0.39, 0.29) is 24.4 Å². The average Bonchev–Trinajstić information content (AvgIpc) is 3.43. The number of aromatic nitrogens is 5. The van der Waals surface area contributed by atoms with Crippen LogP contribution in [0.3, 0.4) is 0 Å². The SMILES string of the molecule is CCOC(=O)c1cnn(-c2ccc(N3CC(Cn4ccnn4)OC3=O)cc2F)c1. The van der Waals surface area contributed by atoms with Gasteiger partial charge in [0.05, 0.1) is 43.3 Å². The molecule has 0 bridgehead atoms. The Hall–Kier alpha value is -3.76. The van der Waals surface area contributed by atoms with Crippen molar-refractivity contribution in [2.45, 2.75) is 19.6 Å². The molecule has 1 unspecified atom stereocenters. The highest BCUT2D eigenvalue weighted by atomic mass is 19.1. The van der Waals surface area contributed by atoms with Crippen LogP contribution in [-0.4, -0.2) is 56.1 Å². The van der Waals surface area contributed by atoms with Gasteiger partial charge in [-0.05, 0) is 25.1 Å². The molecule has 4 rings (SSSR count). The van der Waals surface area contributed by atoms with Crippen molar-refractivity contribution in [1.29, 1.82) is 0 Å². The summed E-state index contributed by atoms with van der Waals surface area (Å²) in [4.78, 5) is 25.3. The molecule has 1 aliphatic heterocycles. The molecule has 1 aliphatic rings. The zero-order valence-corrected chi connectivity index (χ0v) is 15.4. The zero-order chi connectivity index (χ0) is 20.4. The minimum atomic E-state index is -0.603. The molecule has 1 aromatic carbocycles. The van der Waals surface area contributed by atoms with E-state index in [1.165, 1.54) is 40.3 Å². The number of esters is 1. The minimum Gasteiger partial charge on any atom is -0.462 e. The Morgan fingerprint density at radius 3 is 3.00 bits per heavy atom. The summed E-state index contributed by atoms with van der Waals surface area (Å²) in [5, 5.41) is 11.5. The second-order valence-corrected chi connectivity index (χ2v) is 6.27. The standard InChI is InChI=1S/C18H17FN6O4/c1-2-28-17(26)12-8-21-25(9-12)16-4-3-13(7-15(16)19)24-11-14(29-18(24)27)10-23-6-5-20-22-23/h3-9,14H,2,10-11H2,1H3. The van der Waals surface area contributed by atoms with Gasteiger partial charge in [0.25, 0.3) is 0 Å². The van der Waals surface area contributed by atoms with Gasteiger partial charge in [0, 0.05) is 12.4 Å². The van der Waals surface area contributed by atoms with Crippen LogP contribution >= 0.6 is 0 Å². The van der Waals surface area contributed by atoms with Crippen molar-refractivity contribution in [3.8, 4) is 5.69 Å². The van der Waals surface area contributed by atoms with Crippen LogP contribution in [0.25, 0.3) is 5.69 Å². The van der Waals surface area contributed by atoms with Gasteiger partial charge in [0.2, 0.25) is 0 Å². The van der Waals surface area contributed by atoms with Gasteiger partial charge in [-0.1, -0.05) is 5.21 Å². The fraction of sp³-hybridized carbons (Fsp3) is 0.278. The van der Waals surface area contributed by atoms with E-state index in [0.717, 1.165) is 0 Å². The van der Waals surface area contributed by atoms with Crippen molar-refractivity contribution in [1.82, 2.24) is 24.8 Å². The van der Waals surface area contributed by atoms with Crippen LogP contribution in [0, 0.1) is 5.82 Å². The summed E-state index contributed by atoms with van der Waals surface area (Å²) in [7, 11) is 0. The molecule has 2 aromatic heterocycles. The van der Waals surface area contributed by atoms with Crippen LogP contribution in [0.2, 0.25) is 0 Å². The Morgan fingerprint density at radius 2 is 2.28 bits per heavy atom. The first kappa shape index (κ1) is 18.6. The predicted octanol–water partition coefficient (Wildman–Crippen LogP) is 1.80. The highest BCUT2D eigenvalue weighted by Gasteiger charge is 2.33. The maximum Gasteiger partial charge on any atom is 0.414 e. The lowest BCUT2D eigenvalue weighted by molar-refractivity contribution is 0.0526. The zero-order valence-electron chi connectivity index (χ0n) is 15.4. The van der Waals surface area contributed by atoms with Crippen molar-refractivity contribution in [3.05, 3.63) is 54.4 Å². The first-order chi connectivity index (χ1) is 14.0. The summed E-state index contributed by atoms with van der Waals surface area (Å²) in [6, 6.07) is 4.29. The lowest BCUT2D eigenvalue weighted by Gasteiger charge is -2.14. The molecule has 1 atom stereocenters. The molecular weight excluding hydrogens is 383 g/mol. The maximum absolute atomic E-state index is 14.7. The van der Waals surface area contributed by atoms with Crippen molar-refractivity contribution in [3.63, 3.8) is 0 Å². The van der Waals surface area contributed by atoms with Crippen LogP contribution in [0.15, 0.2) is 43.0 Å². The number of cyclic esters (lactones) is 1. The fourth-order valence-corrected chi connectivity index (χ4v) is 2.99. The molecular formula is C18H17FN6O4. The Kier molecular flexibility index (Phi) is 4.94. The Balaban J connectivity index is 1.50. The second-order valence-electron chi connectivity index (χ2n) is 6.27. The topological polar surface area (TPSA) is 104 Å². The van der Waals surface area contributed by atoms with Crippen LogP contribution < -0.4 is 4.90 Å². The summed E-state index contributed by atoms with van der Waals surface area (Å²) in [6.07, 6.45) is 4.90. The number of nitrogens with zero attached hydrogens (tertiary/aromatic N) is 6. The number of halogens is 1. The van der Waals surface area contributed by atoms with E-state index in [4.69, 9.17) is 9.47 Å². The van der Waals surface area contributed by atoms with E-state index in [1.807, 2.05) is 0 Å². The highest BCUT2D eigenvalue weighted by Crippen LogP contribution is 2.26. The number of carbonyl (C=O) groups excluding carboxylic acids is 2. The quantitative estimate of drug-likeness (QED) is 0.581. The van der Waals surface area contributed by atoms with Crippen molar-refractivity contribution in [2.24, 2.45) is 0 Å². The molecule has 0 radical (unpaired) electrons. The molecule has 0 saturated carbocycles. The van der Waals surface area contributed by atoms with E-state index in [9.17, 15) is 14.0 Å². The molecule has 11 heteroatoms. The predicted molar refractivity (Wildman–Crippen MR) is 97.1 cm³/mol. The number of hydrogen-bond donors (Lipinski definition) is 0. The van der Waals surface area contributed by atoms with Crippen molar-refractivity contribution >= 4 is 17.7 Å². The normalized spacial score (nSPS) is 16.1. The largest absolute Gasteiger partial charge is 0.462 e. The second kappa shape index (κ2) is 7.70. The van der Waals surface area contributed by atoms with Gasteiger partial charge in [-0.15, -0.1) is 5.10 Å². The summed E-state index contributed by atoms with van der Waals surface area (Å²) in [6.45, 7) is 2.54. The molecule has 150 valence electrons. The van der Waals surface area contributed by atoms with E-state index in [0.29, 0.717) is 12.2 Å². The number of ether oxygens (including phenoxy) is 2. The Bertz CT molecular complexity index is 1030. The van der Waals surface area contributed by atoms with Gasteiger partial charge >= 0.3 is 12.1 Å². The molecule has 0 spiro atoms. The summed E-state index contributed by atoms with van der Waals surface area (Å²) in [5.74, 6) is -1.14. The average molecular weight is 400 g/mol. The number of anilines is 1. The summed E-state index contributed by atoms with van der Waals surface area (Å²) < 4.78 is 27.7. The van der Waals surface area contributed by atoms with Gasteiger partial charge in [0.15, 0.2) is 5.82 Å². The highest BCUT2D eigenvalue weighted by molar-refractivity contribution is 5.90. The van der Waals surface area contributed by atoms with Gasteiger partial charge in [-0.3, -0.25) is 4.90 Å². The first-order valence-electron chi connectivity index (χ1n) is 8.89. The Labute approximate surface area is 164 Å². The molecule has 10 nitrogen and oxygen atoms in total. The third kappa shape index (κ3) is 3.79. The number of hydrogen-bond acceptors (Lipinski definition) is 7. The number of amides is 1. The number of benzene rings is 1. The van der Waals surface area contributed by atoms with Crippen LogP contribution in [0.1, 0.15) is 17.3 Å². The molecule has 1 saturated heterocycles. The molecule has 3 heterocycles. The Morgan fingerprint density at radius 1 is 1.41 bits per heavy atom. The summed E-state index contributed by atoms with van der Waals surface area (Å²) >= 11 is 0. The minimum absolute atomic E-state index is 0.135. The first-order valence-corrected chi connectivity index (χ1v) is 8.89. The third-order valence-electron chi connectivity index (χ3n) is 4.32. The summed E-state index contributed by atoms with van der Waals surface area (Å²) in [5.41, 5.74) is 0.709. The van der Waals surface area contributed by atoms with Crippen molar-refractivity contribution < 1.29 is 23.5 Å². The van der Waals surface area contributed by atoms with Crippen molar-refractivity contribution in [2.75, 3.05) is 18.1 Å². The molecule has 1 amide bonds. The molecule has 0 N–H and O–H groups in total. The van der Waals surface area contributed by atoms with E-state index in [2.05, 4.69) is 15.4 Å². The molecule has 0 aliphatic carbocycles. The molecule has 3 aromatic rings. The van der Waals surface area contributed by atoms with Crippen LogP contribution in [0.5, 0.6) is 0 Å². The maximum atomic E-state index is 14.7. The van der Waals surface area contributed by atoms with Gasteiger partial charge in [-0.25, -0.2) is 23.3 Å². The van der Waals surface area contributed by atoms with Crippen LogP contribution in [0.4, 0.5) is 14.9 Å². The third-order valence-corrected chi connectivity index (χ3v) is 4.32.